The molecule has 0 aliphatic rings. The van der Waals surface area contributed by atoms with Crippen molar-refractivity contribution in [3.63, 3.8) is 0 Å². The Morgan fingerprint density at radius 2 is 2.28 bits per heavy atom. The fourth-order valence-corrected chi connectivity index (χ4v) is 1.78. The minimum absolute atomic E-state index is 0.208. The van der Waals surface area contributed by atoms with Crippen LogP contribution in [0.5, 0.6) is 6.01 Å². The summed E-state index contributed by atoms with van der Waals surface area (Å²) in [6.07, 6.45) is 0. The van der Waals surface area contributed by atoms with Crippen molar-refractivity contribution in [3.05, 3.63) is 34.3 Å². The maximum atomic E-state index is 11.9. The van der Waals surface area contributed by atoms with Crippen LogP contribution >= 0.6 is 15.9 Å². The highest BCUT2D eigenvalue weighted by Gasteiger charge is 2.12. The lowest BCUT2D eigenvalue weighted by molar-refractivity contribution is 0.102. The summed E-state index contributed by atoms with van der Waals surface area (Å²) in [6.45, 7) is 2.30. The minimum Gasteiger partial charge on any atom is -0.463 e. The van der Waals surface area contributed by atoms with Crippen molar-refractivity contribution in [2.45, 2.75) is 6.92 Å². The Hall–Kier alpha value is -1.89. The lowest BCUT2D eigenvalue weighted by Gasteiger charge is -2.03. The van der Waals surface area contributed by atoms with E-state index in [9.17, 15) is 4.79 Å². The van der Waals surface area contributed by atoms with E-state index in [0.29, 0.717) is 16.6 Å². The Morgan fingerprint density at radius 1 is 1.50 bits per heavy atom. The van der Waals surface area contributed by atoms with Crippen molar-refractivity contribution in [2.75, 3.05) is 11.9 Å². The van der Waals surface area contributed by atoms with E-state index >= 15 is 0 Å². The van der Waals surface area contributed by atoms with Crippen LogP contribution in [0.1, 0.15) is 17.3 Å². The van der Waals surface area contributed by atoms with Crippen molar-refractivity contribution in [1.29, 1.82) is 0 Å². The number of anilines is 1. The molecule has 2 aromatic rings. The largest absolute Gasteiger partial charge is 0.463 e. The van der Waals surface area contributed by atoms with Gasteiger partial charge in [0.15, 0.2) is 0 Å². The molecule has 0 fully saturated rings. The van der Waals surface area contributed by atoms with E-state index in [1.165, 1.54) is 0 Å². The van der Waals surface area contributed by atoms with Gasteiger partial charge in [-0.25, -0.2) is 5.10 Å². The molecule has 1 amide bonds. The number of rotatable bonds is 4. The normalized spacial score (nSPS) is 10.1. The highest BCUT2D eigenvalue weighted by atomic mass is 79.9. The van der Waals surface area contributed by atoms with Crippen molar-refractivity contribution >= 4 is 27.8 Å². The number of amides is 1. The quantitative estimate of drug-likeness (QED) is 0.907. The smallest absolute Gasteiger partial charge is 0.337 e. The van der Waals surface area contributed by atoms with Crippen LogP contribution < -0.4 is 10.1 Å². The Labute approximate surface area is 112 Å². The fourth-order valence-electron chi connectivity index (χ4n) is 1.32. The molecule has 0 unspecified atom stereocenters. The molecule has 2 N–H and O–H groups in total. The topological polar surface area (TPSA) is 79.9 Å². The third-order valence-electron chi connectivity index (χ3n) is 2.09. The Bertz CT molecular complexity index is 555. The van der Waals surface area contributed by atoms with Gasteiger partial charge in [-0.15, -0.1) is 5.10 Å². The highest BCUT2D eigenvalue weighted by Crippen LogP contribution is 2.17. The predicted octanol–water partition coefficient (Wildman–Crippen LogP) is 2.22. The molecule has 7 heteroatoms. The second kappa shape index (κ2) is 5.63. The van der Waals surface area contributed by atoms with Crippen LogP contribution in [0, 0.1) is 0 Å². The number of benzene rings is 1. The molecule has 0 saturated heterocycles. The van der Waals surface area contributed by atoms with E-state index < -0.39 is 0 Å². The van der Waals surface area contributed by atoms with Crippen molar-refractivity contribution < 1.29 is 9.53 Å². The number of carbonyl (C=O) groups excluding carboxylic acids is 1. The van der Waals surface area contributed by atoms with Crippen LogP contribution in [0.3, 0.4) is 0 Å². The predicted molar refractivity (Wildman–Crippen MR) is 69.6 cm³/mol. The van der Waals surface area contributed by atoms with Crippen molar-refractivity contribution in [1.82, 2.24) is 15.2 Å². The zero-order valence-electron chi connectivity index (χ0n) is 9.61. The lowest BCUT2D eigenvalue weighted by Crippen LogP contribution is -2.13. The van der Waals surface area contributed by atoms with E-state index in [2.05, 4.69) is 36.4 Å². The summed E-state index contributed by atoms with van der Waals surface area (Å²) in [5, 5.41) is 8.97. The van der Waals surface area contributed by atoms with Crippen molar-refractivity contribution in [2.24, 2.45) is 0 Å². The summed E-state index contributed by atoms with van der Waals surface area (Å²) >= 11 is 3.31. The molecule has 0 saturated carbocycles. The maximum Gasteiger partial charge on any atom is 0.337 e. The summed E-state index contributed by atoms with van der Waals surface area (Å²) < 4.78 is 5.80. The fraction of sp³-hybridized carbons (Fsp3) is 0.182. The van der Waals surface area contributed by atoms with Crippen LogP contribution in [0.25, 0.3) is 0 Å². The third kappa shape index (κ3) is 2.86. The van der Waals surface area contributed by atoms with Crippen LogP contribution in [0.4, 0.5) is 5.95 Å². The molecule has 0 radical (unpaired) electrons. The Kier molecular flexibility index (Phi) is 3.93. The van der Waals surface area contributed by atoms with Gasteiger partial charge >= 0.3 is 6.01 Å². The van der Waals surface area contributed by atoms with Crippen molar-refractivity contribution in [3.8, 4) is 6.01 Å². The molecule has 0 bridgehead atoms. The first kappa shape index (κ1) is 12.6. The van der Waals surface area contributed by atoms with E-state index in [1.807, 2.05) is 13.0 Å². The summed E-state index contributed by atoms with van der Waals surface area (Å²) in [5.74, 6) is -0.0270. The number of aromatic nitrogens is 3. The third-order valence-corrected chi connectivity index (χ3v) is 2.78. The number of aromatic amines is 1. The molecule has 0 atom stereocenters. The summed E-state index contributed by atoms with van der Waals surface area (Å²) in [6, 6.07) is 7.33. The average Bonchev–Trinajstić information content (AvgIpc) is 2.77. The summed E-state index contributed by atoms with van der Waals surface area (Å²) in [4.78, 5) is 15.9. The zero-order chi connectivity index (χ0) is 13.0. The SMILES string of the molecule is CCOc1n[nH]c(NC(=O)c2ccccc2Br)n1. The number of nitrogens with one attached hydrogen (secondary N) is 2. The first-order valence-electron chi connectivity index (χ1n) is 5.31. The van der Waals surface area contributed by atoms with E-state index in [4.69, 9.17) is 4.74 Å². The maximum absolute atomic E-state index is 11.9. The van der Waals surface area contributed by atoms with Gasteiger partial charge in [-0.3, -0.25) is 10.1 Å². The number of carbonyl (C=O) groups is 1. The van der Waals surface area contributed by atoms with Crippen LogP contribution in [-0.4, -0.2) is 27.7 Å². The van der Waals surface area contributed by atoms with Gasteiger partial charge < -0.3 is 4.74 Å². The molecule has 2 rings (SSSR count). The zero-order valence-corrected chi connectivity index (χ0v) is 11.2. The van der Waals surface area contributed by atoms with Gasteiger partial charge in [0.05, 0.1) is 12.2 Å². The van der Waals surface area contributed by atoms with Crippen LogP contribution in [-0.2, 0) is 0 Å². The molecule has 0 spiro atoms. The first-order valence-corrected chi connectivity index (χ1v) is 6.11. The molecule has 94 valence electrons. The van der Waals surface area contributed by atoms with Gasteiger partial charge in [0, 0.05) is 4.47 Å². The average molecular weight is 311 g/mol. The highest BCUT2D eigenvalue weighted by molar-refractivity contribution is 9.10. The van der Waals surface area contributed by atoms with Gasteiger partial charge in [-0.2, -0.15) is 4.98 Å². The Balaban J connectivity index is 2.09. The second-order valence-electron chi connectivity index (χ2n) is 3.33. The molecular weight excluding hydrogens is 300 g/mol. The van der Waals surface area contributed by atoms with Gasteiger partial charge in [-0.1, -0.05) is 12.1 Å². The molecule has 0 aliphatic heterocycles. The van der Waals surface area contributed by atoms with Gasteiger partial charge in [0.25, 0.3) is 5.91 Å². The standard InChI is InChI=1S/C11H11BrN4O2/c1-2-18-11-14-10(15-16-11)13-9(17)7-5-3-4-6-8(7)12/h3-6H,2H2,1H3,(H2,13,14,15,16,17). The van der Waals surface area contributed by atoms with Crippen LogP contribution in [0.2, 0.25) is 0 Å². The number of ether oxygens (including phenoxy) is 1. The summed E-state index contributed by atoms with van der Waals surface area (Å²) in [5.41, 5.74) is 0.520. The molecular formula is C11H11BrN4O2. The minimum atomic E-state index is -0.276. The number of hydrogen-bond donors (Lipinski definition) is 2. The molecule has 6 nitrogen and oxygen atoms in total. The lowest BCUT2D eigenvalue weighted by atomic mass is 10.2. The molecule has 18 heavy (non-hydrogen) atoms. The monoisotopic (exact) mass is 310 g/mol. The number of H-pyrrole nitrogens is 1. The second-order valence-corrected chi connectivity index (χ2v) is 4.19. The van der Waals surface area contributed by atoms with Gasteiger partial charge in [0.2, 0.25) is 5.95 Å². The van der Waals surface area contributed by atoms with E-state index in [-0.39, 0.29) is 17.9 Å². The number of hydrogen-bond acceptors (Lipinski definition) is 4. The molecule has 0 aliphatic carbocycles. The first-order chi connectivity index (χ1) is 8.70. The molecule has 1 aromatic heterocycles. The van der Waals surface area contributed by atoms with Gasteiger partial charge in [0.1, 0.15) is 0 Å². The van der Waals surface area contributed by atoms with Gasteiger partial charge in [-0.05, 0) is 35.0 Å². The Morgan fingerprint density at radius 3 is 3.00 bits per heavy atom. The van der Waals surface area contributed by atoms with E-state index in [0.717, 1.165) is 0 Å². The summed E-state index contributed by atoms with van der Waals surface area (Å²) in [7, 11) is 0. The molecule has 1 heterocycles. The number of halogens is 1. The number of nitrogens with zero attached hydrogens (tertiary/aromatic N) is 2. The van der Waals surface area contributed by atoms with Crippen LogP contribution in [0.15, 0.2) is 28.7 Å². The van der Waals surface area contributed by atoms with E-state index in [1.54, 1.807) is 18.2 Å². The molecule has 1 aromatic carbocycles.